The summed E-state index contributed by atoms with van der Waals surface area (Å²) >= 11 is 0. The van der Waals surface area contributed by atoms with E-state index in [0.29, 0.717) is 11.4 Å². The molecule has 1 heterocycles. The first-order chi connectivity index (χ1) is 8.79. The normalized spacial score (nSPS) is 12.2. The van der Waals surface area contributed by atoms with Crippen LogP contribution in [-0.2, 0) is 0 Å². The van der Waals surface area contributed by atoms with Crippen molar-refractivity contribution in [2.24, 2.45) is 5.16 Å². The van der Waals surface area contributed by atoms with E-state index in [-0.39, 0.29) is 0 Å². The van der Waals surface area contributed by atoms with Gasteiger partial charge in [-0.2, -0.15) is 0 Å². The van der Waals surface area contributed by atoms with Crippen molar-refractivity contribution in [3.8, 4) is 0 Å². The van der Waals surface area contributed by atoms with Crippen LogP contribution in [0.2, 0.25) is 0 Å². The predicted molar refractivity (Wildman–Crippen MR) is 73.2 cm³/mol. The number of pyridine rings is 1. The molecule has 3 nitrogen and oxygen atoms in total. The lowest BCUT2D eigenvalue weighted by Gasteiger charge is -2.05. The Morgan fingerprint density at radius 3 is 2.56 bits per heavy atom. The van der Waals surface area contributed by atoms with Gasteiger partial charge in [-0.05, 0) is 18.4 Å². The number of hydrogen-bond donors (Lipinski definition) is 1. The zero-order chi connectivity index (χ0) is 12.5. The highest BCUT2D eigenvalue weighted by Crippen LogP contribution is 2.23. The Kier molecular flexibility index (Phi) is 2.45. The van der Waals surface area contributed by atoms with Crippen LogP contribution in [-0.4, -0.2) is 15.9 Å². The molecule has 0 amide bonds. The predicted octanol–water partition coefficient (Wildman–Crippen LogP) is 3.59. The molecule has 0 saturated heterocycles. The highest BCUT2D eigenvalue weighted by atomic mass is 16.4. The minimum Gasteiger partial charge on any atom is -0.411 e. The van der Waals surface area contributed by atoms with E-state index in [1.54, 1.807) is 6.92 Å². The maximum Gasteiger partial charge on any atom is 0.102 e. The average molecular weight is 236 g/mol. The number of oxime groups is 1. The van der Waals surface area contributed by atoms with Gasteiger partial charge in [0.25, 0.3) is 0 Å². The lowest BCUT2D eigenvalue weighted by atomic mass is 10.1. The molecule has 2 aromatic carbocycles. The van der Waals surface area contributed by atoms with Crippen LogP contribution in [0, 0.1) is 0 Å². The Balaban J connectivity index is 2.40. The minimum absolute atomic E-state index is 0.518. The van der Waals surface area contributed by atoms with Gasteiger partial charge in [0, 0.05) is 10.8 Å². The van der Waals surface area contributed by atoms with Crippen LogP contribution in [0.5, 0.6) is 0 Å². The molecule has 18 heavy (non-hydrogen) atoms. The Bertz CT molecular complexity index is 763. The SMILES string of the molecule is C/C(=N/O)c1ccc2ccc3ccccc3c2n1. The van der Waals surface area contributed by atoms with Crippen molar-refractivity contribution >= 4 is 27.4 Å². The number of fused-ring (bicyclic) bond motifs is 3. The standard InChI is InChI=1S/C15H12N2O/c1-10(17-18)14-9-8-12-7-6-11-4-2-3-5-13(11)15(12)16-14/h2-9,18H,1H3/b17-10-. The van der Waals surface area contributed by atoms with Gasteiger partial charge in [-0.3, -0.25) is 0 Å². The monoisotopic (exact) mass is 236 g/mol. The molecule has 0 radical (unpaired) electrons. The van der Waals surface area contributed by atoms with E-state index in [9.17, 15) is 0 Å². The van der Waals surface area contributed by atoms with Gasteiger partial charge in [0.15, 0.2) is 0 Å². The van der Waals surface area contributed by atoms with Crippen LogP contribution in [0.25, 0.3) is 21.7 Å². The molecule has 3 rings (SSSR count). The first-order valence-corrected chi connectivity index (χ1v) is 5.77. The molecule has 0 aliphatic heterocycles. The number of hydrogen-bond acceptors (Lipinski definition) is 3. The third-order valence-electron chi connectivity index (χ3n) is 3.11. The Morgan fingerprint density at radius 1 is 1.00 bits per heavy atom. The largest absolute Gasteiger partial charge is 0.411 e. The summed E-state index contributed by atoms with van der Waals surface area (Å²) in [4.78, 5) is 4.58. The summed E-state index contributed by atoms with van der Waals surface area (Å²) in [6.07, 6.45) is 0. The molecule has 0 aliphatic carbocycles. The lowest BCUT2D eigenvalue weighted by Crippen LogP contribution is -1.98. The fourth-order valence-electron chi connectivity index (χ4n) is 2.11. The quantitative estimate of drug-likeness (QED) is 0.304. The summed E-state index contributed by atoms with van der Waals surface area (Å²) in [5.74, 6) is 0. The van der Waals surface area contributed by atoms with Gasteiger partial charge in [0.2, 0.25) is 0 Å². The summed E-state index contributed by atoms with van der Waals surface area (Å²) < 4.78 is 0. The number of aromatic nitrogens is 1. The number of benzene rings is 2. The third kappa shape index (κ3) is 1.61. The van der Waals surface area contributed by atoms with E-state index in [2.05, 4.69) is 34.4 Å². The van der Waals surface area contributed by atoms with Crippen molar-refractivity contribution < 1.29 is 5.21 Å². The molecular weight excluding hydrogens is 224 g/mol. The van der Waals surface area contributed by atoms with E-state index in [0.717, 1.165) is 21.7 Å². The Hall–Kier alpha value is -2.42. The third-order valence-corrected chi connectivity index (χ3v) is 3.11. The van der Waals surface area contributed by atoms with Crippen molar-refractivity contribution in [2.45, 2.75) is 6.92 Å². The molecule has 1 N–H and O–H groups in total. The first-order valence-electron chi connectivity index (χ1n) is 5.77. The van der Waals surface area contributed by atoms with Gasteiger partial charge < -0.3 is 5.21 Å². The van der Waals surface area contributed by atoms with Crippen LogP contribution in [0.1, 0.15) is 12.6 Å². The second kappa shape index (κ2) is 4.11. The molecule has 0 aliphatic rings. The molecule has 0 spiro atoms. The van der Waals surface area contributed by atoms with E-state index < -0.39 is 0 Å². The molecule has 0 atom stereocenters. The maximum absolute atomic E-state index is 8.82. The molecule has 0 bridgehead atoms. The second-order valence-electron chi connectivity index (χ2n) is 4.24. The number of rotatable bonds is 1. The molecule has 0 fully saturated rings. The van der Waals surface area contributed by atoms with Crippen LogP contribution < -0.4 is 0 Å². The topological polar surface area (TPSA) is 45.5 Å². The van der Waals surface area contributed by atoms with Gasteiger partial charge in [-0.15, -0.1) is 0 Å². The second-order valence-corrected chi connectivity index (χ2v) is 4.24. The van der Waals surface area contributed by atoms with Gasteiger partial charge in [-0.1, -0.05) is 47.6 Å². The molecule has 3 aromatic rings. The fraction of sp³-hybridized carbons (Fsp3) is 0.0667. The van der Waals surface area contributed by atoms with Crippen molar-refractivity contribution in [2.75, 3.05) is 0 Å². The maximum atomic E-state index is 8.82. The Morgan fingerprint density at radius 2 is 1.72 bits per heavy atom. The van der Waals surface area contributed by atoms with Gasteiger partial charge in [0.1, 0.15) is 5.71 Å². The lowest BCUT2D eigenvalue weighted by molar-refractivity contribution is 0.319. The molecule has 1 aromatic heterocycles. The van der Waals surface area contributed by atoms with Crippen molar-refractivity contribution in [1.29, 1.82) is 0 Å². The van der Waals surface area contributed by atoms with Gasteiger partial charge in [0.05, 0.1) is 11.2 Å². The summed E-state index contributed by atoms with van der Waals surface area (Å²) in [5, 5.41) is 15.4. The zero-order valence-corrected chi connectivity index (χ0v) is 9.96. The molecule has 88 valence electrons. The average Bonchev–Trinajstić information content (AvgIpc) is 2.45. The Labute approximate surface area is 104 Å². The zero-order valence-electron chi connectivity index (χ0n) is 9.96. The van der Waals surface area contributed by atoms with Crippen LogP contribution >= 0.6 is 0 Å². The van der Waals surface area contributed by atoms with Crippen LogP contribution in [0.4, 0.5) is 0 Å². The van der Waals surface area contributed by atoms with Crippen molar-refractivity contribution in [1.82, 2.24) is 4.98 Å². The van der Waals surface area contributed by atoms with Gasteiger partial charge in [-0.25, -0.2) is 4.98 Å². The minimum atomic E-state index is 0.518. The smallest absolute Gasteiger partial charge is 0.102 e. The van der Waals surface area contributed by atoms with E-state index in [4.69, 9.17) is 5.21 Å². The summed E-state index contributed by atoms with van der Waals surface area (Å²) in [7, 11) is 0. The molecular formula is C15H12N2O. The highest BCUT2D eigenvalue weighted by molar-refractivity contribution is 6.07. The fourth-order valence-corrected chi connectivity index (χ4v) is 2.11. The van der Waals surface area contributed by atoms with Crippen LogP contribution in [0.15, 0.2) is 53.7 Å². The van der Waals surface area contributed by atoms with E-state index >= 15 is 0 Å². The van der Waals surface area contributed by atoms with Gasteiger partial charge >= 0.3 is 0 Å². The van der Waals surface area contributed by atoms with Crippen LogP contribution in [0.3, 0.4) is 0 Å². The first kappa shape index (κ1) is 10.7. The van der Waals surface area contributed by atoms with Crippen molar-refractivity contribution in [3.05, 3.63) is 54.2 Å². The van der Waals surface area contributed by atoms with E-state index in [1.165, 1.54) is 0 Å². The molecule has 0 saturated carbocycles. The summed E-state index contributed by atoms with van der Waals surface area (Å²) in [6.45, 7) is 1.74. The molecule has 0 unspecified atom stereocenters. The summed E-state index contributed by atoms with van der Waals surface area (Å²) in [6, 6.07) is 16.1. The van der Waals surface area contributed by atoms with Crippen molar-refractivity contribution in [3.63, 3.8) is 0 Å². The number of nitrogens with zero attached hydrogens (tertiary/aromatic N) is 2. The highest BCUT2D eigenvalue weighted by Gasteiger charge is 2.05. The summed E-state index contributed by atoms with van der Waals surface area (Å²) in [5.41, 5.74) is 2.15. The van der Waals surface area contributed by atoms with E-state index in [1.807, 2.05) is 24.3 Å². The molecule has 3 heteroatoms.